The van der Waals surface area contributed by atoms with Gasteiger partial charge in [0.15, 0.2) is 10.3 Å². The molecular formula is C13H6Cl4N4S2. The minimum atomic E-state index is 0.195. The Kier molecular flexibility index (Phi) is 5.20. The molecule has 0 atom stereocenters. The Morgan fingerprint density at radius 2 is 1.48 bits per heavy atom. The van der Waals surface area contributed by atoms with E-state index in [4.69, 9.17) is 46.4 Å². The maximum atomic E-state index is 5.85. The summed E-state index contributed by atoms with van der Waals surface area (Å²) in [6.07, 6.45) is 0. The molecule has 0 unspecified atom stereocenters. The van der Waals surface area contributed by atoms with Gasteiger partial charge in [0, 0.05) is 0 Å². The molecule has 0 spiro atoms. The molecule has 10 heteroatoms. The fraction of sp³-hybridized carbons (Fsp3) is 0.0769. The second-order valence-electron chi connectivity index (χ2n) is 4.30. The first kappa shape index (κ1) is 17.1. The Morgan fingerprint density at radius 3 is 2.22 bits per heavy atom. The number of thiophene rings is 2. The zero-order valence-electron chi connectivity index (χ0n) is 11.3. The van der Waals surface area contributed by atoms with Crippen LogP contribution in [0, 0.1) is 6.92 Å². The Labute approximate surface area is 159 Å². The molecule has 0 amide bonds. The number of rotatable bonds is 0. The summed E-state index contributed by atoms with van der Waals surface area (Å²) < 4.78 is 1.79. The molecule has 0 aliphatic carbocycles. The van der Waals surface area contributed by atoms with Crippen LogP contribution in [0.1, 0.15) is 5.56 Å². The second kappa shape index (κ2) is 7.01. The SMILES string of the molecule is Cc1csc2c(Cl)nc(Cl)nc12.Clc1nc(Cl)c2sccc2n1. The van der Waals surface area contributed by atoms with E-state index in [1.165, 1.54) is 22.7 Å². The van der Waals surface area contributed by atoms with Gasteiger partial charge in [-0.15, -0.1) is 22.7 Å². The van der Waals surface area contributed by atoms with Gasteiger partial charge in [-0.1, -0.05) is 23.2 Å². The van der Waals surface area contributed by atoms with E-state index < -0.39 is 0 Å². The molecule has 0 saturated heterocycles. The first-order valence-corrected chi connectivity index (χ1v) is 9.36. The molecular weight excluding hydrogens is 418 g/mol. The third-order valence-electron chi connectivity index (χ3n) is 2.76. The van der Waals surface area contributed by atoms with Crippen molar-refractivity contribution in [3.8, 4) is 0 Å². The van der Waals surface area contributed by atoms with Gasteiger partial charge in [0.1, 0.15) is 0 Å². The van der Waals surface area contributed by atoms with Crippen LogP contribution in [-0.2, 0) is 0 Å². The predicted molar refractivity (Wildman–Crippen MR) is 99.6 cm³/mol. The van der Waals surface area contributed by atoms with Gasteiger partial charge < -0.3 is 0 Å². The number of aryl methyl sites for hydroxylation is 1. The smallest absolute Gasteiger partial charge is 0.217 e. The second-order valence-corrected chi connectivity index (χ2v) is 7.49. The first-order valence-electron chi connectivity index (χ1n) is 6.09. The molecule has 4 aromatic heterocycles. The van der Waals surface area contributed by atoms with E-state index in [0.717, 1.165) is 26.0 Å². The van der Waals surface area contributed by atoms with Gasteiger partial charge in [-0.3, -0.25) is 0 Å². The quantitative estimate of drug-likeness (QED) is 0.246. The lowest BCUT2D eigenvalue weighted by Crippen LogP contribution is -1.83. The molecule has 0 bridgehead atoms. The van der Waals surface area contributed by atoms with Crippen molar-refractivity contribution < 1.29 is 0 Å². The summed E-state index contributed by atoms with van der Waals surface area (Å²) in [7, 11) is 0. The highest BCUT2D eigenvalue weighted by atomic mass is 35.5. The van der Waals surface area contributed by atoms with Gasteiger partial charge in [0.2, 0.25) is 10.6 Å². The van der Waals surface area contributed by atoms with E-state index in [1.54, 1.807) is 0 Å². The molecule has 0 aliphatic rings. The van der Waals surface area contributed by atoms with Crippen molar-refractivity contribution in [3.63, 3.8) is 0 Å². The highest BCUT2D eigenvalue weighted by Gasteiger charge is 2.08. The van der Waals surface area contributed by atoms with E-state index in [0.29, 0.717) is 10.3 Å². The summed E-state index contributed by atoms with van der Waals surface area (Å²) >= 11 is 25.9. The third kappa shape index (κ3) is 3.68. The van der Waals surface area contributed by atoms with E-state index in [1.807, 2.05) is 23.8 Å². The van der Waals surface area contributed by atoms with Crippen LogP contribution in [0.5, 0.6) is 0 Å². The molecule has 0 aromatic carbocycles. The van der Waals surface area contributed by atoms with Gasteiger partial charge in [-0.05, 0) is 52.5 Å². The van der Waals surface area contributed by atoms with Crippen molar-refractivity contribution in [2.45, 2.75) is 6.92 Å². The number of nitrogens with zero attached hydrogens (tertiary/aromatic N) is 4. The maximum absolute atomic E-state index is 5.85. The van der Waals surface area contributed by atoms with Crippen molar-refractivity contribution in [1.29, 1.82) is 0 Å². The van der Waals surface area contributed by atoms with Crippen molar-refractivity contribution in [2.24, 2.45) is 0 Å². The highest BCUT2D eigenvalue weighted by molar-refractivity contribution is 7.18. The van der Waals surface area contributed by atoms with Crippen LogP contribution in [-0.4, -0.2) is 19.9 Å². The largest absolute Gasteiger partial charge is 0.224 e. The summed E-state index contributed by atoms with van der Waals surface area (Å²) in [4.78, 5) is 15.7. The molecule has 4 heterocycles. The molecule has 4 nitrogen and oxygen atoms in total. The highest BCUT2D eigenvalue weighted by Crippen LogP contribution is 2.30. The van der Waals surface area contributed by atoms with Crippen molar-refractivity contribution in [2.75, 3.05) is 0 Å². The molecule has 23 heavy (non-hydrogen) atoms. The molecule has 0 saturated carbocycles. The molecule has 0 N–H and O–H groups in total. The Bertz CT molecular complexity index is 998. The van der Waals surface area contributed by atoms with Crippen LogP contribution in [0.4, 0.5) is 0 Å². The van der Waals surface area contributed by atoms with Crippen molar-refractivity contribution in [3.05, 3.63) is 43.3 Å². The number of halogens is 4. The number of fused-ring (bicyclic) bond motifs is 2. The average Bonchev–Trinajstić information content (AvgIpc) is 3.07. The minimum absolute atomic E-state index is 0.195. The van der Waals surface area contributed by atoms with E-state index in [-0.39, 0.29) is 10.6 Å². The molecule has 4 aromatic rings. The first-order chi connectivity index (χ1) is 11.0. The molecule has 0 radical (unpaired) electrons. The Balaban J connectivity index is 0.000000136. The van der Waals surface area contributed by atoms with Crippen LogP contribution >= 0.6 is 69.1 Å². The van der Waals surface area contributed by atoms with Crippen LogP contribution in [0.3, 0.4) is 0 Å². The van der Waals surface area contributed by atoms with Gasteiger partial charge in [0.05, 0.1) is 20.4 Å². The zero-order valence-corrected chi connectivity index (χ0v) is 16.0. The number of hydrogen-bond acceptors (Lipinski definition) is 6. The standard InChI is InChI=1S/C7H4Cl2N2S.C6H2Cl2N2S/c1-3-2-12-5-4(3)10-7(9)11-6(5)8;7-5-4-3(1-2-11-4)9-6(8)10-5/h2H,1H3;1-2H. The summed E-state index contributed by atoms with van der Waals surface area (Å²) in [5.74, 6) is 0. The maximum Gasteiger partial charge on any atom is 0.224 e. The zero-order chi connectivity index (χ0) is 16.6. The summed E-state index contributed by atoms with van der Waals surface area (Å²) in [6.45, 7) is 1.97. The Hall–Kier alpha value is -0.760. The van der Waals surface area contributed by atoms with E-state index in [9.17, 15) is 0 Å². The van der Waals surface area contributed by atoms with E-state index in [2.05, 4.69) is 19.9 Å². The van der Waals surface area contributed by atoms with Crippen LogP contribution in [0.15, 0.2) is 16.8 Å². The monoisotopic (exact) mass is 422 g/mol. The lowest BCUT2D eigenvalue weighted by molar-refractivity contribution is 1.22. The van der Waals surface area contributed by atoms with Gasteiger partial charge in [0.25, 0.3) is 0 Å². The van der Waals surface area contributed by atoms with Gasteiger partial charge in [-0.2, -0.15) is 0 Å². The number of hydrogen-bond donors (Lipinski definition) is 0. The van der Waals surface area contributed by atoms with Crippen LogP contribution < -0.4 is 0 Å². The summed E-state index contributed by atoms with van der Waals surface area (Å²) in [5.41, 5.74) is 2.74. The van der Waals surface area contributed by atoms with Gasteiger partial charge >= 0.3 is 0 Å². The average molecular weight is 424 g/mol. The predicted octanol–water partition coefficient (Wildman–Crippen LogP) is 6.30. The molecule has 0 aliphatic heterocycles. The van der Waals surface area contributed by atoms with Crippen LogP contribution in [0.2, 0.25) is 20.9 Å². The summed E-state index contributed by atoms with van der Waals surface area (Å²) in [6, 6.07) is 1.86. The van der Waals surface area contributed by atoms with Gasteiger partial charge in [-0.25, -0.2) is 19.9 Å². The molecule has 0 fully saturated rings. The number of aromatic nitrogens is 4. The lowest BCUT2D eigenvalue weighted by atomic mass is 10.3. The van der Waals surface area contributed by atoms with Crippen LogP contribution in [0.25, 0.3) is 20.4 Å². The fourth-order valence-electron chi connectivity index (χ4n) is 1.77. The summed E-state index contributed by atoms with van der Waals surface area (Å²) in [5, 5.41) is 5.15. The fourth-order valence-corrected chi connectivity index (χ4v) is 4.40. The molecule has 4 rings (SSSR count). The minimum Gasteiger partial charge on any atom is -0.217 e. The van der Waals surface area contributed by atoms with E-state index >= 15 is 0 Å². The molecule has 118 valence electrons. The van der Waals surface area contributed by atoms with Crippen molar-refractivity contribution >= 4 is 89.5 Å². The Morgan fingerprint density at radius 1 is 0.826 bits per heavy atom. The third-order valence-corrected chi connectivity index (χ3v) is 5.87. The normalized spacial score (nSPS) is 10.8. The topological polar surface area (TPSA) is 51.6 Å². The lowest BCUT2D eigenvalue weighted by Gasteiger charge is -1.93. The van der Waals surface area contributed by atoms with Crippen molar-refractivity contribution in [1.82, 2.24) is 19.9 Å².